The summed E-state index contributed by atoms with van der Waals surface area (Å²) in [5.41, 5.74) is 0.501. The maximum Gasteiger partial charge on any atom is 0.163 e. The standard InChI is InChI=1S/C12H17NO5.2C2H6/c1-8(15)9-6-11(17-2)12(7-10(9)13-16)18-5-3-4-14;2*1-2/h6-8,14-15H,3-5H2,1-2H3;2*1-2H3. The van der Waals surface area contributed by atoms with Gasteiger partial charge in [0.2, 0.25) is 0 Å². The van der Waals surface area contributed by atoms with Gasteiger partial charge in [-0.15, -0.1) is 4.91 Å². The molecule has 1 aromatic carbocycles. The Bertz CT molecular complexity index is 408. The van der Waals surface area contributed by atoms with E-state index < -0.39 is 6.10 Å². The highest BCUT2D eigenvalue weighted by Crippen LogP contribution is 2.37. The van der Waals surface area contributed by atoms with Crippen molar-refractivity contribution in [2.45, 2.75) is 47.1 Å². The number of aliphatic hydroxyl groups is 2. The van der Waals surface area contributed by atoms with E-state index in [2.05, 4.69) is 5.18 Å². The average Bonchev–Trinajstić information content (AvgIpc) is 2.58. The molecule has 0 aliphatic heterocycles. The monoisotopic (exact) mass is 315 g/mol. The van der Waals surface area contributed by atoms with Crippen molar-refractivity contribution in [2.75, 3.05) is 20.3 Å². The molecule has 2 N–H and O–H groups in total. The first kappa shape index (κ1) is 22.6. The molecule has 0 radical (unpaired) electrons. The van der Waals surface area contributed by atoms with Crippen molar-refractivity contribution in [3.8, 4) is 11.5 Å². The summed E-state index contributed by atoms with van der Waals surface area (Å²) >= 11 is 0. The van der Waals surface area contributed by atoms with Gasteiger partial charge >= 0.3 is 0 Å². The third kappa shape index (κ3) is 7.38. The Labute approximate surface area is 133 Å². The molecular formula is C16H29NO5. The Kier molecular flexibility index (Phi) is 14.7. The topological polar surface area (TPSA) is 88.4 Å². The second-order valence-corrected chi connectivity index (χ2v) is 3.75. The van der Waals surface area contributed by atoms with Gasteiger partial charge in [-0.05, 0) is 18.2 Å². The molecule has 22 heavy (non-hydrogen) atoms. The molecule has 0 aliphatic rings. The molecular weight excluding hydrogens is 286 g/mol. The molecule has 128 valence electrons. The zero-order valence-electron chi connectivity index (χ0n) is 14.4. The zero-order valence-corrected chi connectivity index (χ0v) is 14.4. The number of aliphatic hydroxyl groups excluding tert-OH is 2. The third-order valence-corrected chi connectivity index (χ3v) is 2.42. The number of hydrogen-bond acceptors (Lipinski definition) is 6. The molecule has 0 saturated heterocycles. The van der Waals surface area contributed by atoms with Gasteiger partial charge in [-0.1, -0.05) is 27.7 Å². The Hall–Kier alpha value is -1.66. The fourth-order valence-corrected chi connectivity index (χ4v) is 1.50. The zero-order chi connectivity index (χ0) is 17.5. The van der Waals surface area contributed by atoms with Gasteiger partial charge in [-0.2, -0.15) is 0 Å². The van der Waals surface area contributed by atoms with E-state index in [-0.39, 0.29) is 12.3 Å². The fraction of sp³-hybridized carbons (Fsp3) is 0.625. The van der Waals surface area contributed by atoms with E-state index in [9.17, 15) is 10.0 Å². The van der Waals surface area contributed by atoms with Crippen LogP contribution in [0.5, 0.6) is 11.5 Å². The summed E-state index contributed by atoms with van der Waals surface area (Å²) in [7, 11) is 1.47. The van der Waals surface area contributed by atoms with Crippen LogP contribution in [0.25, 0.3) is 0 Å². The van der Waals surface area contributed by atoms with Gasteiger partial charge < -0.3 is 19.7 Å². The minimum absolute atomic E-state index is 0.0207. The number of methoxy groups -OCH3 is 1. The highest BCUT2D eigenvalue weighted by Gasteiger charge is 2.15. The van der Waals surface area contributed by atoms with Crippen LogP contribution in [-0.2, 0) is 0 Å². The van der Waals surface area contributed by atoms with Crippen LogP contribution in [0, 0.1) is 4.91 Å². The molecule has 6 nitrogen and oxygen atoms in total. The summed E-state index contributed by atoms with van der Waals surface area (Å²) in [5, 5.41) is 21.1. The summed E-state index contributed by atoms with van der Waals surface area (Å²) in [6.07, 6.45) is -0.344. The molecule has 0 heterocycles. The number of hydrogen-bond donors (Lipinski definition) is 2. The lowest BCUT2D eigenvalue weighted by Crippen LogP contribution is -2.02. The van der Waals surface area contributed by atoms with Gasteiger partial charge in [-0.3, -0.25) is 0 Å². The van der Waals surface area contributed by atoms with Crippen LogP contribution >= 0.6 is 0 Å². The van der Waals surface area contributed by atoms with Gasteiger partial charge in [0, 0.05) is 24.7 Å². The summed E-state index contributed by atoms with van der Waals surface area (Å²) in [6, 6.07) is 2.95. The van der Waals surface area contributed by atoms with Gasteiger partial charge in [0.25, 0.3) is 0 Å². The van der Waals surface area contributed by atoms with Gasteiger partial charge in [-0.25, -0.2) is 0 Å². The molecule has 0 saturated carbocycles. The first-order chi connectivity index (χ1) is 10.6. The number of nitroso groups, excluding NO2 is 1. The SMILES string of the molecule is CC.CC.COc1cc(C(C)O)c(N=O)cc1OCCCO. The van der Waals surface area contributed by atoms with Crippen LogP contribution in [0.15, 0.2) is 17.3 Å². The van der Waals surface area contributed by atoms with Crippen molar-refractivity contribution in [3.63, 3.8) is 0 Å². The van der Waals surface area contributed by atoms with Gasteiger partial charge in [0.1, 0.15) is 5.69 Å². The van der Waals surface area contributed by atoms with Crippen molar-refractivity contribution in [1.29, 1.82) is 0 Å². The first-order valence-corrected chi connectivity index (χ1v) is 7.61. The van der Waals surface area contributed by atoms with Crippen LogP contribution in [0.1, 0.15) is 52.7 Å². The number of ether oxygens (including phenoxy) is 2. The Morgan fingerprint density at radius 2 is 1.77 bits per heavy atom. The van der Waals surface area contributed by atoms with Gasteiger partial charge in [0.15, 0.2) is 11.5 Å². The second kappa shape index (κ2) is 14.3. The number of benzene rings is 1. The van der Waals surface area contributed by atoms with E-state index >= 15 is 0 Å². The fourth-order valence-electron chi connectivity index (χ4n) is 1.50. The van der Waals surface area contributed by atoms with Crippen LogP contribution in [0.3, 0.4) is 0 Å². The smallest absolute Gasteiger partial charge is 0.163 e. The lowest BCUT2D eigenvalue weighted by molar-refractivity contribution is 0.198. The van der Waals surface area contributed by atoms with Crippen molar-refractivity contribution >= 4 is 5.69 Å². The predicted octanol–water partition coefficient (Wildman–Crippen LogP) is 3.96. The second-order valence-electron chi connectivity index (χ2n) is 3.75. The lowest BCUT2D eigenvalue weighted by Gasteiger charge is -2.14. The van der Waals surface area contributed by atoms with Crippen LogP contribution in [0.2, 0.25) is 0 Å². The van der Waals surface area contributed by atoms with E-state index in [1.165, 1.54) is 26.2 Å². The van der Waals surface area contributed by atoms with Gasteiger partial charge in [0.05, 0.1) is 19.8 Å². The Balaban J connectivity index is 0. The minimum Gasteiger partial charge on any atom is -0.493 e. The first-order valence-electron chi connectivity index (χ1n) is 7.61. The molecule has 0 fully saturated rings. The number of nitrogens with zero attached hydrogens (tertiary/aromatic N) is 1. The van der Waals surface area contributed by atoms with E-state index in [0.29, 0.717) is 30.1 Å². The average molecular weight is 315 g/mol. The molecule has 0 amide bonds. The Morgan fingerprint density at radius 3 is 2.18 bits per heavy atom. The van der Waals surface area contributed by atoms with Crippen LogP contribution in [-0.4, -0.2) is 30.5 Å². The molecule has 1 atom stereocenters. The molecule has 0 spiro atoms. The molecule has 1 unspecified atom stereocenters. The highest BCUT2D eigenvalue weighted by molar-refractivity contribution is 5.58. The van der Waals surface area contributed by atoms with E-state index in [4.69, 9.17) is 14.6 Å². The van der Waals surface area contributed by atoms with Crippen molar-refractivity contribution in [1.82, 2.24) is 0 Å². The third-order valence-electron chi connectivity index (χ3n) is 2.42. The lowest BCUT2D eigenvalue weighted by atomic mass is 10.1. The summed E-state index contributed by atoms with van der Waals surface area (Å²) < 4.78 is 10.5. The predicted molar refractivity (Wildman–Crippen MR) is 89.0 cm³/mol. The summed E-state index contributed by atoms with van der Waals surface area (Å²) in [4.78, 5) is 10.7. The quantitative estimate of drug-likeness (QED) is 0.587. The largest absolute Gasteiger partial charge is 0.493 e. The highest BCUT2D eigenvalue weighted by atomic mass is 16.5. The molecule has 6 heteroatoms. The molecule has 1 rings (SSSR count). The van der Waals surface area contributed by atoms with E-state index in [1.807, 2.05) is 27.7 Å². The normalized spacial score (nSPS) is 10.4. The molecule has 0 bridgehead atoms. The van der Waals surface area contributed by atoms with Crippen molar-refractivity contribution < 1.29 is 19.7 Å². The molecule has 0 aromatic heterocycles. The number of rotatable bonds is 7. The van der Waals surface area contributed by atoms with E-state index in [1.54, 1.807) is 0 Å². The van der Waals surface area contributed by atoms with Crippen molar-refractivity contribution in [3.05, 3.63) is 22.6 Å². The molecule has 0 aliphatic carbocycles. The maximum atomic E-state index is 10.7. The minimum atomic E-state index is -0.821. The van der Waals surface area contributed by atoms with Crippen LogP contribution in [0.4, 0.5) is 5.69 Å². The van der Waals surface area contributed by atoms with Crippen molar-refractivity contribution in [2.24, 2.45) is 5.18 Å². The van der Waals surface area contributed by atoms with E-state index in [0.717, 1.165) is 0 Å². The maximum absolute atomic E-state index is 10.7. The summed E-state index contributed by atoms with van der Waals surface area (Å²) in [5.74, 6) is 0.779. The summed E-state index contributed by atoms with van der Waals surface area (Å²) in [6.45, 7) is 9.86. The Morgan fingerprint density at radius 1 is 1.18 bits per heavy atom. The molecule has 1 aromatic rings. The van der Waals surface area contributed by atoms with Crippen LogP contribution < -0.4 is 9.47 Å².